The number of carbonyl (C=O) groups is 1. The number of rotatable bonds is 5. The molecule has 0 fully saturated rings. The first kappa shape index (κ1) is 20.7. The number of nitrogens with zero attached hydrogens (tertiary/aromatic N) is 1. The van der Waals surface area contributed by atoms with Crippen LogP contribution in [0.2, 0.25) is 0 Å². The Morgan fingerprint density at radius 3 is 1.55 bits per heavy atom. The third-order valence-electron chi connectivity index (χ3n) is 3.78. The molecule has 0 bridgehead atoms. The highest BCUT2D eigenvalue weighted by atomic mass is 16.4. The van der Waals surface area contributed by atoms with Gasteiger partial charge in [0.05, 0.1) is 31.7 Å². The maximum atomic E-state index is 10.5. The van der Waals surface area contributed by atoms with Gasteiger partial charge in [0.25, 0.3) is 0 Å². The fraction of sp³-hybridized carbons (Fsp3) is 0.533. The summed E-state index contributed by atoms with van der Waals surface area (Å²) in [6.07, 6.45) is 0. The highest BCUT2D eigenvalue weighted by Gasteiger charge is 2.16. The topological polar surface area (TPSA) is 91.9 Å². The molecular formula is C15H27NO4. The van der Waals surface area contributed by atoms with Crippen LogP contribution in [0.5, 0.6) is 5.75 Å². The van der Waals surface area contributed by atoms with E-state index in [-0.39, 0.29) is 16.8 Å². The van der Waals surface area contributed by atoms with Gasteiger partial charge >= 0.3 is 5.97 Å². The predicted octanol–water partition coefficient (Wildman–Crippen LogP) is 1.52. The smallest absolute Gasteiger partial charge is 0.335 e. The minimum atomic E-state index is -1.01. The Hall–Kier alpha value is -1.59. The van der Waals surface area contributed by atoms with Crippen LogP contribution in [0, 0.1) is 0 Å². The van der Waals surface area contributed by atoms with E-state index in [1.807, 2.05) is 0 Å². The molecule has 5 nitrogen and oxygen atoms in total. The Kier molecular flexibility index (Phi) is 10.6. The molecule has 1 aromatic carbocycles. The van der Waals surface area contributed by atoms with Crippen molar-refractivity contribution in [3.05, 3.63) is 29.8 Å². The Labute approximate surface area is 121 Å². The van der Waals surface area contributed by atoms with Gasteiger partial charge in [-0.3, -0.25) is 0 Å². The van der Waals surface area contributed by atoms with Crippen molar-refractivity contribution in [2.75, 3.05) is 26.2 Å². The van der Waals surface area contributed by atoms with Crippen LogP contribution in [0.25, 0.3) is 0 Å². The standard InChI is InChI=1S/C8H20N.C7H6O3.H2O/c1-5-9(6-2,7-3)8-4;8-6-3-1-5(2-4-6)7(9)10;/h5-8H2,1-4H3;1-4,8H,(H,9,10);1H2/q+1;;/p-1. The minimum absolute atomic E-state index is 0. The summed E-state index contributed by atoms with van der Waals surface area (Å²) in [6.45, 7) is 14.2. The van der Waals surface area contributed by atoms with Gasteiger partial charge in [-0.2, -0.15) is 0 Å². The Morgan fingerprint density at radius 1 is 1.00 bits per heavy atom. The van der Waals surface area contributed by atoms with Crippen LogP contribution in [0.3, 0.4) is 0 Å². The average Bonchev–Trinajstić information content (AvgIpc) is 2.43. The molecule has 0 saturated carbocycles. The van der Waals surface area contributed by atoms with Crippen molar-refractivity contribution in [2.24, 2.45) is 0 Å². The van der Waals surface area contributed by atoms with E-state index in [0.29, 0.717) is 0 Å². The number of aromatic carboxylic acids is 1. The zero-order chi connectivity index (χ0) is 14.9. The SMILES string of the molecule is CC[N+](CC)(CC)CC.O.O=C(O)c1ccc([O-])cc1. The lowest BCUT2D eigenvalue weighted by molar-refractivity contribution is -0.921. The fourth-order valence-corrected chi connectivity index (χ4v) is 1.94. The largest absolute Gasteiger partial charge is 0.872 e. The maximum absolute atomic E-state index is 10.5. The molecule has 5 heteroatoms. The van der Waals surface area contributed by atoms with Gasteiger partial charge in [-0.25, -0.2) is 4.79 Å². The molecule has 0 aliphatic carbocycles. The van der Waals surface area contributed by atoms with E-state index in [1.54, 1.807) is 0 Å². The first-order valence-corrected chi connectivity index (χ1v) is 6.80. The molecule has 0 amide bonds. The van der Waals surface area contributed by atoms with Crippen molar-refractivity contribution in [3.63, 3.8) is 0 Å². The molecule has 0 atom stereocenters. The molecular weight excluding hydrogens is 258 g/mol. The van der Waals surface area contributed by atoms with Crippen molar-refractivity contribution < 1.29 is 25.0 Å². The van der Waals surface area contributed by atoms with Gasteiger partial charge in [0, 0.05) is 0 Å². The molecule has 3 N–H and O–H groups in total. The molecule has 0 aliphatic rings. The summed E-state index contributed by atoms with van der Waals surface area (Å²) in [4.78, 5) is 10.2. The molecule has 1 aromatic rings. The van der Waals surface area contributed by atoms with E-state index in [9.17, 15) is 9.90 Å². The first-order chi connectivity index (χ1) is 8.94. The van der Waals surface area contributed by atoms with Crippen molar-refractivity contribution in [3.8, 4) is 5.75 Å². The van der Waals surface area contributed by atoms with Crippen LogP contribution in [0.4, 0.5) is 0 Å². The monoisotopic (exact) mass is 285 g/mol. The molecule has 0 aliphatic heterocycles. The second-order valence-electron chi connectivity index (χ2n) is 4.44. The number of hydrogen-bond donors (Lipinski definition) is 1. The summed E-state index contributed by atoms with van der Waals surface area (Å²) in [5.41, 5.74) is 0.139. The minimum Gasteiger partial charge on any atom is -0.872 e. The third-order valence-corrected chi connectivity index (χ3v) is 3.78. The van der Waals surface area contributed by atoms with Crippen LogP contribution in [-0.2, 0) is 0 Å². The van der Waals surface area contributed by atoms with Gasteiger partial charge in [-0.05, 0) is 39.8 Å². The quantitative estimate of drug-likeness (QED) is 0.831. The molecule has 116 valence electrons. The summed E-state index contributed by atoms with van der Waals surface area (Å²) in [7, 11) is 0. The summed E-state index contributed by atoms with van der Waals surface area (Å²) in [6, 6.07) is 5.02. The van der Waals surface area contributed by atoms with E-state index in [1.165, 1.54) is 54.9 Å². The Bertz CT molecular complexity index is 354. The number of quaternary nitrogens is 1. The highest BCUT2D eigenvalue weighted by Crippen LogP contribution is 2.05. The number of carboxylic acid groups (broad SMARTS) is 1. The number of benzene rings is 1. The van der Waals surface area contributed by atoms with Crippen LogP contribution in [0.1, 0.15) is 38.1 Å². The van der Waals surface area contributed by atoms with Gasteiger partial charge in [0.15, 0.2) is 0 Å². The van der Waals surface area contributed by atoms with Crippen molar-refractivity contribution in [1.29, 1.82) is 0 Å². The van der Waals surface area contributed by atoms with E-state index >= 15 is 0 Å². The van der Waals surface area contributed by atoms with Crippen LogP contribution in [-0.4, -0.2) is 47.2 Å². The average molecular weight is 285 g/mol. The lowest BCUT2D eigenvalue weighted by Crippen LogP contribution is -2.47. The van der Waals surface area contributed by atoms with E-state index in [2.05, 4.69) is 27.7 Å². The van der Waals surface area contributed by atoms with Gasteiger partial charge in [-0.15, -0.1) is 5.75 Å². The molecule has 0 radical (unpaired) electrons. The molecule has 0 unspecified atom stereocenters. The molecule has 20 heavy (non-hydrogen) atoms. The van der Waals surface area contributed by atoms with E-state index in [4.69, 9.17) is 5.11 Å². The highest BCUT2D eigenvalue weighted by molar-refractivity contribution is 5.87. The molecule has 0 heterocycles. The fourth-order valence-electron chi connectivity index (χ4n) is 1.94. The summed E-state index contributed by atoms with van der Waals surface area (Å²) in [5, 5.41) is 18.8. The number of carboxylic acids is 1. The summed E-state index contributed by atoms with van der Waals surface area (Å²) >= 11 is 0. The van der Waals surface area contributed by atoms with Crippen LogP contribution in [0.15, 0.2) is 24.3 Å². The lowest BCUT2D eigenvalue weighted by Gasteiger charge is -2.34. The van der Waals surface area contributed by atoms with Crippen molar-refractivity contribution in [2.45, 2.75) is 27.7 Å². The van der Waals surface area contributed by atoms with Gasteiger partial charge in [0.1, 0.15) is 0 Å². The van der Waals surface area contributed by atoms with Crippen LogP contribution < -0.4 is 5.11 Å². The Morgan fingerprint density at radius 2 is 1.35 bits per heavy atom. The third kappa shape index (κ3) is 6.54. The van der Waals surface area contributed by atoms with E-state index < -0.39 is 5.97 Å². The summed E-state index contributed by atoms with van der Waals surface area (Å²) < 4.78 is 1.28. The predicted molar refractivity (Wildman–Crippen MR) is 78.9 cm³/mol. The van der Waals surface area contributed by atoms with Gasteiger partial charge < -0.3 is 20.2 Å². The molecule has 1 rings (SSSR count). The molecule has 0 saturated heterocycles. The maximum Gasteiger partial charge on any atom is 0.335 e. The van der Waals surface area contributed by atoms with Crippen molar-refractivity contribution in [1.82, 2.24) is 0 Å². The van der Waals surface area contributed by atoms with Gasteiger partial charge in [-0.1, -0.05) is 12.1 Å². The van der Waals surface area contributed by atoms with Gasteiger partial charge in [0.2, 0.25) is 0 Å². The molecule has 0 aromatic heterocycles. The normalized spacial score (nSPS) is 10.0. The summed E-state index contributed by atoms with van der Waals surface area (Å²) in [5.74, 6) is -1.19. The van der Waals surface area contributed by atoms with Crippen molar-refractivity contribution >= 4 is 5.97 Å². The van der Waals surface area contributed by atoms with Crippen LogP contribution >= 0.6 is 0 Å². The second kappa shape index (κ2) is 10.2. The zero-order valence-corrected chi connectivity index (χ0v) is 12.8. The second-order valence-corrected chi connectivity index (χ2v) is 4.44. The molecule has 0 spiro atoms. The zero-order valence-electron chi connectivity index (χ0n) is 12.8. The van der Waals surface area contributed by atoms with E-state index in [0.717, 1.165) is 0 Å². The number of hydrogen-bond acceptors (Lipinski definition) is 2. The first-order valence-electron chi connectivity index (χ1n) is 6.80. The lowest BCUT2D eigenvalue weighted by atomic mass is 10.2. The Balaban J connectivity index is 0.